The molecule has 0 bridgehead atoms. The van der Waals surface area contributed by atoms with E-state index in [4.69, 9.17) is 5.11 Å². The summed E-state index contributed by atoms with van der Waals surface area (Å²) in [4.78, 5) is 14.5. The van der Waals surface area contributed by atoms with Gasteiger partial charge in [0.15, 0.2) is 0 Å². The number of hydrogen-bond donors (Lipinski definition) is 2. The molecule has 0 unspecified atom stereocenters. The van der Waals surface area contributed by atoms with Crippen LogP contribution in [0.4, 0.5) is 5.69 Å². The normalized spacial score (nSPS) is 15.1. The Morgan fingerprint density at radius 2 is 2.43 bits per heavy atom. The standard InChI is InChI=1S/C10H12N2O2/c13-10(14)5-7-6-11-4-3-9(7)12-8-1-2-8/h3-4,6,8H,1-2,5H2,(H,11,12)(H,13,14). The monoisotopic (exact) mass is 192 g/mol. The van der Waals surface area contributed by atoms with Crippen LogP contribution in [-0.2, 0) is 11.2 Å². The van der Waals surface area contributed by atoms with Crippen molar-refractivity contribution in [2.75, 3.05) is 5.32 Å². The molecule has 14 heavy (non-hydrogen) atoms. The van der Waals surface area contributed by atoms with E-state index in [0.717, 1.165) is 11.3 Å². The van der Waals surface area contributed by atoms with Gasteiger partial charge in [0.05, 0.1) is 6.42 Å². The predicted octanol–water partition coefficient (Wildman–Crippen LogP) is 1.28. The first kappa shape index (κ1) is 8.99. The van der Waals surface area contributed by atoms with Crippen LogP contribution in [0.3, 0.4) is 0 Å². The minimum absolute atomic E-state index is 0.0306. The Balaban J connectivity index is 2.14. The molecule has 0 aromatic carbocycles. The highest BCUT2D eigenvalue weighted by molar-refractivity contribution is 5.73. The van der Waals surface area contributed by atoms with E-state index in [2.05, 4.69) is 10.3 Å². The van der Waals surface area contributed by atoms with Gasteiger partial charge in [-0.1, -0.05) is 0 Å². The van der Waals surface area contributed by atoms with Crippen molar-refractivity contribution in [3.05, 3.63) is 24.0 Å². The molecule has 1 heterocycles. The molecule has 4 nitrogen and oxygen atoms in total. The first-order valence-electron chi connectivity index (χ1n) is 4.67. The summed E-state index contributed by atoms with van der Waals surface area (Å²) in [5.74, 6) is -0.822. The van der Waals surface area contributed by atoms with Gasteiger partial charge in [-0.3, -0.25) is 9.78 Å². The minimum atomic E-state index is -0.822. The van der Waals surface area contributed by atoms with Gasteiger partial charge in [0.25, 0.3) is 0 Å². The van der Waals surface area contributed by atoms with Crippen molar-refractivity contribution in [2.45, 2.75) is 25.3 Å². The minimum Gasteiger partial charge on any atom is -0.481 e. The molecule has 0 atom stereocenters. The topological polar surface area (TPSA) is 62.2 Å². The van der Waals surface area contributed by atoms with E-state index in [1.807, 2.05) is 6.07 Å². The molecule has 0 amide bonds. The first-order chi connectivity index (χ1) is 6.75. The molecule has 0 spiro atoms. The molecule has 0 radical (unpaired) electrons. The highest BCUT2D eigenvalue weighted by Gasteiger charge is 2.22. The van der Waals surface area contributed by atoms with E-state index < -0.39 is 5.97 Å². The maximum atomic E-state index is 10.6. The second-order valence-corrected chi connectivity index (χ2v) is 3.52. The molecule has 0 aliphatic heterocycles. The van der Waals surface area contributed by atoms with Crippen LogP contribution in [0.5, 0.6) is 0 Å². The Bertz CT molecular complexity index is 348. The number of hydrogen-bond acceptors (Lipinski definition) is 3. The molecule has 0 saturated heterocycles. The third-order valence-corrected chi connectivity index (χ3v) is 2.18. The average Bonchev–Trinajstić information content (AvgIpc) is 2.91. The molecule has 1 aromatic heterocycles. The number of nitrogens with zero attached hydrogens (tertiary/aromatic N) is 1. The summed E-state index contributed by atoms with van der Waals surface area (Å²) in [6.07, 6.45) is 5.67. The molecule has 1 aliphatic rings. The van der Waals surface area contributed by atoms with Gasteiger partial charge in [0.2, 0.25) is 0 Å². The largest absolute Gasteiger partial charge is 0.481 e. The molecule has 4 heteroatoms. The summed E-state index contributed by atoms with van der Waals surface area (Å²) >= 11 is 0. The average molecular weight is 192 g/mol. The van der Waals surface area contributed by atoms with Gasteiger partial charge in [0.1, 0.15) is 0 Å². The zero-order valence-corrected chi connectivity index (χ0v) is 7.73. The van der Waals surface area contributed by atoms with Crippen molar-refractivity contribution in [1.82, 2.24) is 4.98 Å². The fourth-order valence-electron chi connectivity index (χ4n) is 1.32. The third kappa shape index (κ3) is 2.22. The maximum absolute atomic E-state index is 10.6. The SMILES string of the molecule is O=C(O)Cc1cnccc1NC1CC1. The van der Waals surface area contributed by atoms with E-state index in [1.54, 1.807) is 12.4 Å². The van der Waals surface area contributed by atoms with Crippen LogP contribution in [0.25, 0.3) is 0 Å². The van der Waals surface area contributed by atoms with Crippen LogP contribution in [0, 0.1) is 0 Å². The predicted molar refractivity (Wildman–Crippen MR) is 52.2 cm³/mol. The lowest BCUT2D eigenvalue weighted by Gasteiger charge is -2.08. The lowest BCUT2D eigenvalue weighted by atomic mass is 10.1. The van der Waals surface area contributed by atoms with Crippen LogP contribution < -0.4 is 5.32 Å². The highest BCUT2D eigenvalue weighted by atomic mass is 16.4. The lowest BCUT2D eigenvalue weighted by molar-refractivity contribution is -0.136. The molecule has 1 aromatic rings. The van der Waals surface area contributed by atoms with Crippen LogP contribution >= 0.6 is 0 Å². The van der Waals surface area contributed by atoms with E-state index >= 15 is 0 Å². The molecule has 1 saturated carbocycles. The van der Waals surface area contributed by atoms with Crippen molar-refractivity contribution in [3.8, 4) is 0 Å². The van der Waals surface area contributed by atoms with Crippen molar-refractivity contribution in [2.24, 2.45) is 0 Å². The number of carboxylic acids is 1. The van der Waals surface area contributed by atoms with Crippen LogP contribution in [0.15, 0.2) is 18.5 Å². The van der Waals surface area contributed by atoms with Crippen LogP contribution in [-0.4, -0.2) is 22.1 Å². The Morgan fingerprint density at radius 3 is 3.07 bits per heavy atom. The van der Waals surface area contributed by atoms with Crippen molar-refractivity contribution < 1.29 is 9.90 Å². The van der Waals surface area contributed by atoms with Gasteiger partial charge in [-0.05, 0) is 18.9 Å². The zero-order valence-electron chi connectivity index (χ0n) is 7.73. The van der Waals surface area contributed by atoms with Gasteiger partial charge in [-0.15, -0.1) is 0 Å². The van der Waals surface area contributed by atoms with E-state index in [-0.39, 0.29) is 6.42 Å². The summed E-state index contributed by atoms with van der Waals surface area (Å²) in [6.45, 7) is 0. The summed E-state index contributed by atoms with van der Waals surface area (Å²) in [5.41, 5.74) is 1.66. The Morgan fingerprint density at radius 1 is 1.64 bits per heavy atom. The van der Waals surface area contributed by atoms with Gasteiger partial charge < -0.3 is 10.4 Å². The fraction of sp³-hybridized carbons (Fsp3) is 0.400. The van der Waals surface area contributed by atoms with E-state index in [9.17, 15) is 4.79 Å². The molecule has 2 N–H and O–H groups in total. The first-order valence-corrected chi connectivity index (χ1v) is 4.67. The van der Waals surface area contributed by atoms with Gasteiger partial charge in [0, 0.05) is 29.7 Å². The molecule has 1 fully saturated rings. The summed E-state index contributed by atoms with van der Waals surface area (Å²) in [7, 11) is 0. The second-order valence-electron chi connectivity index (χ2n) is 3.52. The van der Waals surface area contributed by atoms with Crippen molar-refractivity contribution in [3.63, 3.8) is 0 Å². The Kier molecular flexibility index (Phi) is 2.35. The van der Waals surface area contributed by atoms with Crippen molar-refractivity contribution >= 4 is 11.7 Å². The maximum Gasteiger partial charge on any atom is 0.307 e. The molecule has 2 rings (SSSR count). The number of aliphatic carboxylic acids is 1. The zero-order chi connectivity index (χ0) is 9.97. The number of anilines is 1. The number of carbonyl (C=O) groups is 1. The van der Waals surface area contributed by atoms with E-state index in [1.165, 1.54) is 12.8 Å². The lowest BCUT2D eigenvalue weighted by Crippen LogP contribution is -2.08. The summed E-state index contributed by atoms with van der Waals surface area (Å²) < 4.78 is 0. The molecular weight excluding hydrogens is 180 g/mol. The van der Waals surface area contributed by atoms with Gasteiger partial charge in [-0.25, -0.2) is 0 Å². The highest BCUT2D eigenvalue weighted by Crippen LogP contribution is 2.26. The van der Waals surface area contributed by atoms with Gasteiger partial charge >= 0.3 is 5.97 Å². The number of aromatic nitrogens is 1. The smallest absolute Gasteiger partial charge is 0.307 e. The fourth-order valence-corrected chi connectivity index (χ4v) is 1.32. The quantitative estimate of drug-likeness (QED) is 0.754. The summed E-state index contributed by atoms with van der Waals surface area (Å²) in [5, 5.41) is 12.0. The number of rotatable bonds is 4. The second kappa shape index (κ2) is 3.65. The van der Waals surface area contributed by atoms with Gasteiger partial charge in [-0.2, -0.15) is 0 Å². The number of pyridine rings is 1. The molecular formula is C10H12N2O2. The van der Waals surface area contributed by atoms with Crippen LogP contribution in [0.2, 0.25) is 0 Å². The van der Waals surface area contributed by atoms with E-state index in [0.29, 0.717) is 6.04 Å². The molecule has 74 valence electrons. The summed E-state index contributed by atoms with van der Waals surface area (Å²) in [6, 6.07) is 2.36. The van der Waals surface area contributed by atoms with Crippen molar-refractivity contribution in [1.29, 1.82) is 0 Å². The third-order valence-electron chi connectivity index (χ3n) is 2.18. The number of nitrogens with one attached hydrogen (secondary N) is 1. The number of carboxylic acid groups (broad SMARTS) is 1. The Hall–Kier alpha value is -1.58. The molecule has 1 aliphatic carbocycles. The van der Waals surface area contributed by atoms with Crippen LogP contribution in [0.1, 0.15) is 18.4 Å². The Labute approximate surface area is 82.0 Å².